The van der Waals surface area contributed by atoms with E-state index < -0.39 is 5.97 Å². The molecule has 0 aliphatic carbocycles. The number of aromatic nitrogens is 2. The quantitative estimate of drug-likeness (QED) is 0.755. The molecule has 0 amide bonds. The molecule has 0 atom stereocenters. The maximum atomic E-state index is 11.9. The largest absolute Gasteiger partial charge is 0.507 e. The number of carbonyl (C=O) groups excluding carboxylic acids is 1. The highest BCUT2D eigenvalue weighted by Gasteiger charge is 2.12. The van der Waals surface area contributed by atoms with Crippen molar-refractivity contribution in [1.29, 1.82) is 0 Å². The van der Waals surface area contributed by atoms with Gasteiger partial charge in [0.15, 0.2) is 0 Å². The Labute approximate surface area is 125 Å². The van der Waals surface area contributed by atoms with Crippen LogP contribution < -0.4 is 0 Å². The van der Waals surface area contributed by atoms with Crippen LogP contribution in [0.15, 0.2) is 48.8 Å². The first kappa shape index (κ1) is 13.5. The molecule has 0 spiro atoms. The molecule has 106 valence electrons. The third-order valence-corrected chi connectivity index (χ3v) is 3.16. The van der Waals surface area contributed by atoms with Crippen molar-refractivity contribution in [2.75, 3.05) is 0 Å². The van der Waals surface area contributed by atoms with Gasteiger partial charge in [0, 0.05) is 12.4 Å². The van der Waals surface area contributed by atoms with Gasteiger partial charge in [0.25, 0.3) is 0 Å². The summed E-state index contributed by atoms with van der Waals surface area (Å²) in [6.45, 7) is 0.0203. The minimum absolute atomic E-state index is 0.0203. The molecule has 2 aromatic heterocycles. The lowest BCUT2D eigenvalue weighted by Gasteiger charge is -2.04. The van der Waals surface area contributed by atoms with Gasteiger partial charge < -0.3 is 14.2 Å². The van der Waals surface area contributed by atoms with E-state index in [2.05, 4.69) is 4.98 Å². The Kier molecular flexibility index (Phi) is 3.50. The number of phenolic OH excluding ortho intramolecular Hbond substituents is 1. The van der Waals surface area contributed by atoms with Crippen molar-refractivity contribution in [1.82, 2.24) is 9.38 Å². The van der Waals surface area contributed by atoms with E-state index in [1.165, 1.54) is 12.1 Å². The molecule has 0 unspecified atom stereocenters. The first-order chi connectivity index (χ1) is 10.1. The van der Waals surface area contributed by atoms with Crippen molar-refractivity contribution < 1.29 is 14.6 Å². The maximum Gasteiger partial charge on any atom is 0.342 e. The summed E-state index contributed by atoms with van der Waals surface area (Å²) in [4.78, 5) is 16.2. The highest BCUT2D eigenvalue weighted by molar-refractivity contribution is 6.30. The van der Waals surface area contributed by atoms with E-state index in [-0.39, 0.29) is 17.9 Å². The van der Waals surface area contributed by atoms with Crippen molar-refractivity contribution in [2.45, 2.75) is 6.61 Å². The third kappa shape index (κ3) is 2.83. The van der Waals surface area contributed by atoms with E-state index >= 15 is 0 Å². The number of hydrogen-bond donors (Lipinski definition) is 1. The van der Waals surface area contributed by atoms with Crippen molar-refractivity contribution in [3.63, 3.8) is 0 Å². The van der Waals surface area contributed by atoms with Crippen molar-refractivity contribution in [3.05, 3.63) is 65.1 Å². The number of imidazole rings is 1. The van der Waals surface area contributed by atoms with E-state index in [0.717, 1.165) is 0 Å². The average molecular weight is 303 g/mol. The molecule has 6 heteroatoms. The fourth-order valence-electron chi connectivity index (χ4n) is 1.95. The number of benzene rings is 1. The van der Waals surface area contributed by atoms with Crippen LogP contribution in [0.5, 0.6) is 5.75 Å². The van der Waals surface area contributed by atoms with E-state index in [1.54, 1.807) is 41.1 Å². The first-order valence-corrected chi connectivity index (χ1v) is 6.59. The average Bonchev–Trinajstić information content (AvgIpc) is 2.87. The molecule has 21 heavy (non-hydrogen) atoms. The predicted octanol–water partition coefficient (Wildman–Crippen LogP) is 3.05. The minimum atomic E-state index is -0.594. The highest BCUT2D eigenvalue weighted by atomic mass is 35.5. The van der Waals surface area contributed by atoms with Crippen LogP contribution in [0.25, 0.3) is 5.65 Å². The molecule has 2 heterocycles. The number of nitrogens with zero attached hydrogens (tertiary/aromatic N) is 2. The van der Waals surface area contributed by atoms with E-state index in [9.17, 15) is 9.90 Å². The van der Waals surface area contributed by atoms with Crippen LogP contribution in [0.3, 0.4) is 0 Å². The number of halogens is 1. The number of aromatic hydroxyl groups is 1. The smallest absolute Gasteiger partial charge is 0.342 e. The number of ether oxygens (including phenoxy) is 1. The Morgan fingerprint density at radius 1 is 1.24 bits per heavy atom. The number of rotatable bonds is 3. The van der Waals surface area contributed by atoms with Gasteiger partial charge in [-0.25, -0.2) is 9.78 Å². The second kappa shape index (κ2) is 5.46. The van der Waals surface area contributed by atoms with Gasteiger partial charge in [0.2, 0.25) is 0 Å². The summed E-state index contributed by atoms with van der Waals surface area (Å²) in [6.07, 6.45) is 3.46. The molecule has 0 saturated carbocycles. The number of pyridine rings is 1. The molecule has 0 aliphatic rings. The standard InChI is InChI=1S/C15H11ClN2O3/c16-10-5-6-14-17-11(8-18(14)7-10)9-21-15(20)12-3-1-2-4-13(12)19/h1-8,19H,9H2. The summed E-state index contributed by atoms with van der Waals surface area (Å²) in [6, 6.07) is 9.74. The zero-order chi connectivity index (χ0) is 14.8. The summed E-state index contributed by atoms with van der Waals surface area (Å²) in [7, 11) is 0. The Morgan fingerprint density at radius 2 is 2.05 bits per heavy atom. The first-order valence-electron chi connectivity index (χ1n) is 6.22. The fourth-order valence-corrected chi connectivity index (χ4v) is 2.12. The molecule has 0 saturated heterocycles. The van der Waals surface area contributed by atoms with Crippen LogP contribution >= 0.6 is 11.6 Å². The molecule has 0 fully saturated rings. The minimum Gasteiger partial charge on any atom is -0.507 e. The molecule has 3 aromatic rings. The van der Waals surface area contributed by atoms with Crippen LogP contribution in [0.4, 0.5) is 0 Å². The molecule has 0 radical (unpaired) electrons. The van der Waals surface area contributed by atoms with Gasteiger partial charge in [-0.2, -0.15) is 0 Å². The lowest BCUT2D eigenvalue weighted by atomic mass is 10.2. The summed E-state index contributed by atoms with van der Waals surface area (Å²) in [5.41, 5.74) is 1.44. The zero-order valence-corrected chi connectivity index (χ0v) is 11.6. The predicted molar refractivity (Wildman–Crippen MR) is 77.4 cm³/mol. The summed E-state index contributed by atoms with van der Waals surface area (Å²) in [5.74, 6) is -0.701. The molecule has 3 rings (SSSR count). The van der Waals surface area contributed by atoms with Gasteiger partial charge >= 0.3 is 5.97 Å². The Hall–Kier alpha value is -2.53. The monoisotopic (exact) mass is 302 g/mol. The van der Waals surface area contributed by atoms with Crippen LogP contribution in [0.2, 0.25) is 5.02 Å². The number of para-hydroxylation sites is 1. The van der Waals surface area contributed by atoms with E-state index in [0.29, 0.717) is 16.4 Å². The second-order valence-electron chi connectivity index (χ2n) is 4.44. The van der Waals surface area contributed by atoms with E-state index in [1.807, 2.05) is 0 Å². The zero-order valence-electron chi connectivity index (χ0n) is 10.9. The number of fused-ring (bicyclic) bond motifs is 1. The molecule has 1 N–H and O–H groups in total. The van der Waals surface area contributed by atoms with Crippen LogP contribution in [-0.2, 0) is 11.3 Å². The molecular formula is C15H11ClN2O3. The van der Waals surface area contributed by atoms with Gasteiger partial charge in [-0.1, -0.05) is 23.7 Å². The molecular weight excluding hydrogens is 292 g/mol. The lowest BCUT2D eigenvalue weighted by molar-refractivity contribution is 0.0465. The molecule has 0 bridgehead atoms. The van der Waals surface area contributed by atoms with Crippen LogP contribution in [0.1, 0.15) is 16.1 Å². The van der Waals surface area contributed by atoms with Gasteiger partial charge in [0.1, 0.15) is 23.6 Å². The van der Waals surface area contributed by atoms with Gasteiger partial charge in [-0.05, 0) is 24.3 Å². The second-order valence-corrected chi connectivity index (χ2v) is 4.87. The van der Waals surface area contributed by atoms with Crippen molar-refractivity contribution in [2.24, 2.45) is 0 Å². The highest BCUT2D eigenvalue weighted by Crippen LogP contribution is 2.17. The SMILES string of the molecule is O=C(OCc1cn2cc(Cl)ccc2n1)c1ccccc1O. The summed E-state index contributed by atoms with van der Waals surface area (Å²) in [5, 5.41) is 10.2. The van der Waals surface area contributed by atoms with E-state index in [4.69, 9.17) is 16.3 Å². The summed E-state index contributed by atoms with van der Waals surface area (Å²) < 4.78 is 6.90. The lowest BCUT2D eigenvalue weighted by Crippen LogP contribution is -2.05. The van der Waals surface area contributed by atoms with Gasteiger partial charge in [-0.15, -0.1) is 0 Å². The third-order valence-electron chi connectivity index (χ3n) is 2.94. The van der Waals surface area contributed by atoms with Crippen molar-refractivity contribution in [3.8, 4) is 5.75 Å². The number of phenols is 1. The molecule has 1 aromatic carbocycles. The van der Waals surface area contributed by atoms with Crippen LogP contribution in [-0.4, -0.2) is 20.5 Å². The Morgan fingerprint density at radius 3 is 2.86 bits per heavy atom. The van der Waals surface area contributed by atoms with Crippen LogP contribution in [0, 0.1) is 0 Å². The Bertz CT molecular complexity index is 814. The maximum absolute atomic E-state index is 11.9. The molecule has 5 nitrogen and oxygen atoms in total. The topological polar surface area (TPSA) is 63.8 Å². The number of carbonyl (C=O) groups is 1. The Balaban J connectivity index is 1.74. The number of hydrogen-bond acceptors (Lipinski definition) is 4. The summed E-state index contributed by atoms with van der Waals surface area (Å²) >= 11 is 5.89. The van der Waals surface area contributed by atoms with Gasteiger partial charge in [-0.3, -0.25) is 0 Å². The number of esters is 1. The van der Waals surface area contributed by atoms with Crippen molar-refractivity contribution >= 4 is 23.2 Å². The normalized spacial score (nSPS) is 10.7. The fraction of sp³-hybridized carbons (Fsp3) is 0.0667. The van der Waals surface area contributed by atoms with Gasteiger partial charge in [0.05, 0.1) is 10.7 Å². The molecule has 0 aliphatic heterocycles.